The van der Waals surface area contributed by atoms with Gasteiger partial charge in [0.25, 0.3) is 0 Å². The van der Waals surface area contributed by atoms with E-state index in [4.69, 9.17) is 0 Å². The number of carbonyl (C=O) groups is 1. The van der Waals surface area contributed by atoms with Crippen LogP contribution in [0.15, 0.2) is 18.2 Å². The Kier molecular flexibility index (Phi) is 7.44. The van der Waals surface area contributed by atoms with Crippen LogP contribution in [0.25, 0.3) is 0 Å². The van der Waals surface area contributed by atoms with E-state index in [0.717, 1.165) is 18.5 Å². The summed E-state index contributed by atoms with van der Waals surface area (Å²) in [7, 11) is 0. The zero-order valence-electron chi connectivity index (χ0n) is 14.7. The van der Waals surface area contributed by atoms with Gasteiger partial charge >= 0.3 is 0 Å². The van der Waals surface area contributed by atoms with Gasteiger partial charge in [0.1, 0.15) is 0 Å². The largest absolute Gasteiger partial charge is 0.326 e. The second kappa shape index (κ2) is 9.33. The van der Waals surface area contributed by atoms with Gasteiger partial charge in [-0.3, -0.25) is 4.79 Å². The van der Waals surface area contributed by atoms with Crippen LogP contribution in [0.2, 0.25) is 0 Å². The van der Waals surface area contributed by atoms with Gasteiger partial charge in [0.15, 0.2) is 0 Å². The van der Waals surface area contributed by atoms with E-state index in [1.807, 2.05) is 17.8 Å². The molecule has 0 fully saturated rings. The average molecular weight is 335 g/mol. The summed E-state index contributed by atoms with van der Waals surface area (Å²) in [4.78, 5) is 13.9. The lowest BCUT2D eigenvalue weighted by Crippen LogP contribution is -2.40. The molecule has 0 bridgehead atoms. The van der Waals surface area contributed by atoms with Crippen molar-refractivity contribution in [2.45, 2.75) is 52.0 Å². The van der Waals surface area contributed by atoms with Crippen molar-refractivity contribution in [2.24, 2.45) is 0 Å². The van der Waals surface area contributed by atoms with Gasteiger partial charge in [-0.2, -0.15) is 11.8 Å². The van der Waals surface area contributed by atoms with E-state index in [-0.39, 0.29) is 5.91 Å². The molecule has 0 saturated carbocycles. The molecule has 0 saturated heterocycles. The Bertz CT molecular complexity index is 518. The Labute approximate surface area is 145 Å². The third-order valence-corrected chi connectivity index (χ3v) is 5.25. The first-order valence-corrected chi connectivity index (χ1v) is 10.2. The molecule has 1 amide bonds. The summed E-state index contributed by atoms with van der Waals surface area (Å²) in [6.07, 6.45) is 8.20. The lowest BCUT2D eigenvalue weighted by atomic mass is 9.87. The van der Waals surface area contributed by atoms with Crippen LogP contribution in [0.1, 0.15) is 44.2 Å². The minimum absolute atomic E-state index is 0.00184. The number of amides is 1. The van der Waals surface area contributed by atoms with Crippen molar-refractivity contribution in [3.05, 3.63) is 29.3 Å². The molecule has 0 aromatic heterocycles. The number of hydrogen-bond acceptors (Lipinski definition) is 3. The first-order valence-electron chi connectivity index (χ1n) is 8.76. The van der Waals surface area contributed by atoms with Gasteiger partial charge in [-0.25, -0.2) is 0 Å². The number of carbonyl (C=O) groups excluding carboxylic acids is 1. The van der Waals surface area contributed by atoms with Crippen LogP contribution in [0.3, 0.4) is 0 Å². The molecular weight excluding hydrogens is 304 g/mol. The van der Waals surface area contributed by atoms with Crippen LogP contribution in [0.5, 0.6) is 0 Å². The number of nitrogens with zero attached hydrogens (tertiary/aromatic N) is 1. The number of rotatable bonds is 8. The fraction of sp³-hybridized carbons (Fsp3) is 0.632. The minimum atomic E-state index is 0.00184. The van der Waals surface area contributed by atoms with Gasteiger partial charge in [-0.1, -0.05) is 13.0 Å². The summed E-state index contributed by atoms with van der Waals surface area (Å²) in [5.74, 6) is 1.25. The molecule has 1 aliphatic rings. The van der Waals surface area contributed by atoms with Gasteiger partial charge in [0.05, 0.1) is 0 Å². The van der Waals surface area contributed by atoms with Crippen LogP contribution >= 0.6 is 11.8 Å². The lowest BCUT2D eigenvalue weighted by molar-refractivity contribution is -0.114. The molecule has 0 radical (unpaired) electrons. The Balaban J connectivity index is 2.04. The van der Waals surface area contributed by atoms with Crippen molar-refractivity contribution in [1.82, 2.24) is 4.90 Å². The number of nitrogens with one attached hydrogen (secondary N) is 1. The van der Waals surface area contributed by atoms with Gasteiger partial charge in [0, 0.05) is 18.7 Å². The Morgan fingerprint density at radius 1 is 1.35 bits per heavy atom. The average Bonchev–Trinajstić information content (AvgIpc) is 2.53. The maximum atomic E-state index is 11.3. The van der Waals surface area contributed by atoms with Crippen molar-refractivity contribution >= 4 is 23.4 Å². The van der Waals surface area contributed by atoms with Crippen LogP contribution in [-0.2, 0) is 17.6 Å². The molecule has 1 aromatic rings. The fourth-order valence-electron chi connectivity index (χ4n) is 3.51. The van der Waals surface area contributed by atoms with Gasteiger partial charge < -0.3 is 10.2 Å². The molecule has 1 aliphatic carbocycles. The minimum Gasteiger partial charge on any atom is -0.326 e. The zero-order chi connectivity index (χ0) is 16.7. The normalized spacial score (nSPS) is 17.1. The molecule has 23 heavy (non-hydrogen) atoms. The van der Waals surface area contributed by atoms with Crippen LogP contribution in [0.4, 0.5) is 5.69 Å². The monoisotopic (exact) mass is 334 g/mol. The topological polar surface area (TPSA) is 32.3 Å². The Morgan fingerprint density at radius 3 is 2.87 bits per heavy atom. The van der Waals surface area contributed by atoms with Crippen LogP contribution in [0, 0.1) is 0 Å². The highest BCUT2D eigenvalue weighted by atomic mass is 32.2. The smallest absolute Gasteiger partial charge is 0.221 e. The third kappa shape index (κ3) is 5.54. The number of benzene rings is 1. The zero-order valence-corrected chi connectivity index (χ0v) is 15.5. The fourth-order valence-corrected chi connectivity index (χ4v) is 3.92. The second-order valence-electron chi connectivity index (χ2n) is 6.44. The molecular formula is C19H30N2OS. The molecule has 1 unspecified atom stereocenters. The maximum absolute atomic E-state index is 11.3. The molecule has 2 rings (SSSR count). The number of aryl methyl sites for hydroxylation is 1. The van der Waals surface area contributed by atoms with Crippen molar-refractivity contribution in [3.63, 3.8) is 0 Å². The molecule has 1 aromatic carbocycles. The van der Waals surface area contributed by atoms with E-state index in [0.29, 0.717) is 6.04 Å². The van der Waals surface area contributed by atoms with E-state index < -0.39 is 0 Å². The lowest BCUT2D eigenvalue weighted by Gasteiger charge is -2.35. The molecule has 128 valence electrons. The van der Waals surface area contributed by atoms with E-state index in [9.17, 15) is 4.79 Å². The van der Waals surface area contributed by atoms with Crippen molar-refractivity contribution < 1.29 is 4.79 Å². The number of hydrogen-bond donors (Lipinski definition) is 1. The predicted molar refractivity (Wildman–Crippen MR) is 101 cm³/mol. The number of thioether (sulfide) groups is 1. The molecule has 0 spiro atoms. The summed E-state index contributed by atoms with van der Waals surface area (Å²) in [5.41, 5.74) is 3.80. The SMILES string of the molecule is CCCN(CCCSC)C1CCc2ccc(NC(C)=O)cc2C1. The van der Waals surface area contributed by atoms with Crippen molar-refractivity contribution in [3.8, 4) is 0 Å². The molecule has 0 heterocycles. The van der Waals surface area contributed by atoms with E-state index >= 15 is 0 Å². The van der Waals surface area contributed by atoms with Crippen molar-refractivity contribution in [1.29, 1.82) is 0 Å². The molecule has 4 heteroatoms. The van der Waals surface area contributed by atoms with Crippen molar-refractivity contribution in [2.75, 3.05) is 30.4 Å². The van der Waals surface area contributed by atoms with Crippen LogP contribution < -0.4 is 5.32 Å². The highest BCUT2D eigenvalue weighted by molar-refractivity contribution is 7.98. The molecule has 3 nitrogen and oxygen atoms in total. The highest BCUT2D eigenvalue weighted by Gasteiger charge is 2.23. The summed E-state index contributed by atoms with van der Waals surface area (Å²) < 4.78 is 0. The summed E-state index contributed by atoms with van der Waals surface area (Å²) >= 11 is 1.94. The quantitative estimate of drug-likeness (QED) is 0.730. The third-order valence-electron chi connectivity index (χ3n) is 4.55. The van der Waals surface area contributed by atoms with Gasteiger partial charge in [0.2, 0.25) is 5.91 Å². The highest BCUT2D eigenvalue weighted by Crippen LogP contribution is 2.27. The van der Waals surface area contributed by atoms with E-state index in [2.05, 4.69) is 35.5 Å². The first kappa shape index (κ1) is 18.3. The van der Waals surface area contributed by atoms with E-state index in [1.165, 1.54) is 49.2 Å². The van der Waals surface area contributed by atoms with Crippen LogP contribution in [-0.4, -0.2) is 41.9 Å². The van der Waals surface area contributed by atoms with E-state index in [1.54, 1.807) is 6.92 Å². The summed E-state index contributed by atoms with van der Waals surface area (Å²) in [5, 5.41) is 2.91. The number of anilines is 1. The first-order chi connectivity index (χ1) is 11.1. The molecule has 1 atom stereocenters. The summed E-state index contributed by atoms with van der Waals surface area (Å²) in [6, 6.07) is 7.05. The van der Waals surface area contributed by atoms with Gasteiger partial charge in [-0.05, 0) is 80.5 Å². The standard InChI is InChI=1S/C19H30N2OS/c1-4-10-21(11-5-12-23-3)19-9-7-16-6-8-18(20-15(2)22)13-17(16)14-19/h6,8,13,19H,4-5,7,9-12,14H2,1-3H3,(H,20,22). The maximum Gasteiger partial charge on any atom is 0.221 e. The predicted octanol–water partition coefficient (Wildman–Crippen LogP) is 3.97. The Morgan fingerprint density at radius 2 is 2.17 bits per heavy atom. The number of fused-ring (bicyclic) bond motifs is 1. The molecule has 1 N–H and O–H groups in total. The summed E-state index contributed by atoms with van der Waals surface area (Å²) in [6.45, 7) is 6.24. The second-order valence-corrected chi connectivity index (χ2v) is 7.43. The molecule has 0 aliphatic heterocycles. The van der Waals surface area contributed by atoms with Gasteiger partial charge in [-0.15, -0.1) is 0 Å². The Hall–Kier alpha value is -1.00.